The van der Waals surface area contributed by atoms with Crippen LogP contribution in [0.5, 0.6) is 0 Å². The van der Waals surface area contributed by atoms with Gasteiger partial charge in [-0.05, 0) is 30.0 Å². The molecule has 0 bridgehead atoms. The Morgan fingerprint density at radius 2 is 2.12 bits per heavy atom. The summed E-state index contributed by atoms with van der Waals surface area (Å²) in [6.07, 6.45) is 0.399. The lowest BCUT2D eigenvalue weighted by molar-refractivity contribution is -0.142. The van der Waals surface area contributed by atoms with Crippen molar-refractivity contribution < 1.29 is 14.3 Å². The van der Waals surface area contributed by atoms with Gasteiger partial charge in [-0.25, -0.2) is 4.39 Å². The molecule has 0 fully saturated rings. The Hall–Kier alpha value is -1.09. The summed E-state index contributed by atoms with van der Waals surface area (Å²) >= 11 is 5.63. The van der Waals surface area contributed by atoms with Gasteiger partial charge in [0, 0.05) is 5.02 Å². The number of rotatable bonds is 4. The van der Waals surface area contributed by atoms with E-state index in [4.69, 9.17) is 16.7 Å². The van der Waals surface area contributed by atoms with Gasteiger partial charge in [0.15, 0.2) is 0 Å². The normalized spacial score (nSPS) is 14.5. The van der Waals surface area contributed by atoms with E-state index in [9.17, 15) is 9.18 Å². The summed E-state index contributed by atoms with van der Waals surface area (Å²) in [4.78, 5) is 10.8. The quantitative estimate of drug-likeness (QED) is 0.882. The number of carbonyl (C=O) groups is 1. The zero-order valence-corrected chi connectivity index (χ0v) is 9.96. The predicted octanol–water partition coefficient (Wildman–Crippen LogP) is 3.38. The molecule has 0 saturated heterocycles. The molecule has 0 heterocycles. The lowest BCUT2D eigenvalue weighted by Crippen LogP contribution is -2.20. The zero-order chi connectivity index (χ0) is 12.3. The van der Waals surface area contributed by atoms with Crippen molar-refractivity contribution in [3.05, 3.63) is 34.6 Å². The molecule has 1 rings (SSSR count). The summed E-state index contributed by atoms with van der Waals surface area (Å²) in [5.41, 5.74) is 0.505. The van der Waals surface area contributed by atoms with Crippen LogP contribution in [0.3, 0.4) is 0 Å². The highest BCUT2D eigenvalue weighted by atomic mass is 35.5. The third kappa shape index (κ3) is 3.20. The average molecular weight is 245 g/mol. The van der Waals surface area contributed by atoms with Gasteiger partial charge >= 0.3 is 5.97 Å². The first kappa shape index (κ1) is 13.0. The first-order chi connectivity index (χ1) is 7.41. The van der Waals surface area contributed by atoms with E-state index < -0.39 is 11.9 Å². The minimum Gasteiger partial charge on any atom is -0.481 e. The number of hydrogen-bond acceptors (Lipinski definition) is 1. The van der Waals surface area contributed by atoms with Gasteiger partial charge in [0.25, 0.3) is 0 Å². The Balaban J connectivity index is 2.77. The van der Waals surface area contributed by atoms with E-state index in [0.29, 0.717) is 17.0 Å². The monoisotopic (exact) mass is 244 g/mol. The minimum atomic E-state index is -0.859. The predicted molar refractivity (Wildman–Crippen MR) is 61.1 cm³/mol. The van der Waals surface area contributed by atoms with Gasteiger partial charge in [-0.15, -0.1) is 0 Å². The van der Waals surface area contributed by atoms with Gasteiger partial charge in [-0.2, -0.15) is 0 Å². The summed E-state index contributed by atoms with van der Waals surface area (Å²) in [6, 6.07) is 4.45. The fourth-order valence-electron chi connectivity index (χ4n) is 1.45. The molecule has 0 spiro atoms. The van der Waals surface area contributed by atoms with Gasteiger partial charge in [-0.3, -0.25) is 4.79 Å². The van der Waals surface area contributed by atoms with Crippen molar-refractivity contribution in [2.45, 2.75) is 20.3 Å². The summed E-state index contributed by atoms with van der Waals surface area (Å²) in [5.74, 6) is -1.85. The molecule has 0 saturated carbocycles. The maximum Gasteiger partial charge on any atom is 0.306 e. The van der Waals surface area contributed by atoms with Crippen LogP contribution >= 0.6 is 11.6 Å². The third-order valence-corrected chi connectivity index (χ3v) is 3.04. The first-order valence-corrected chi connectivity index (χ1v) is 5.46. The van der Waals surface area contributed by atoms with Crippen LogP contribution in [0.15, 0.2) is 18.2 Å². The lowest BCUT2D eigenvalue weighted by atomic mass is 9.89. The highest BCUT2D eigenvalue weighted by Crippen LogP contribution is 2.21. The number of carboxylic acid groups (broad SMARTS) is 1. The van der Waals surface area contributed by atoms with Crippen molar-refractivity contribution >= 4 is 17.6 Å². The van der Waals surface area contributed by atoms with Crippen LogP contribution < -0.4 is 0 Å². The number of carboxylic acids is 1. The maximum absolute atomic E-state index is 13.4. The van der Waals surface area contributed by atoms with E-state index in [1.54, 1.807) is 26.0 Å². The number of hydrogen-bond donors (Lipinski definition) is 1. The Morgan fingerprint density at radius 3 is 2.62 bits per heavy atom. The van der Waals surface area contributed by atoms with E-state index in [1.807, 2.05) is 0 Å². The van der Waals surface area contributed by atoms with Gasteiger partial charge < -0.3 is 5.11 Å². The zero-order valence-electron chi connectivity index (χ0n) is 9.21. The molecule has 1 N–H and O–H groups in total. The van der Waals surface area contributed by atoms with Gasteiger partial charge in [0.2, 0.25) is 0 Å². The van der Waals surface area contributed by atoms with Crippen LogP contribution in [0, 0.1) is 17.7 Å². The summed E-state index contributed by atoms with van der Waals surface area (Å²) in [7, 11) is 0. The molecule has 0 aromatic heterocycles. The van der Waals surface area contributed by atoms with Crippen LogP contribution in [0.4, 0.5) is 4.39 Å². The second-order valence-corrected chi connectivity index (χ2v) is 4.48. The van der Waals surface area contributed by atoms with E-state index in [-0.39, 0.29) is 11.7 Å². The fourth-order valence-corrected chi connectivity index (χ4v) is 1.61. The third-order valence-electron chi connectivity index (χ3n) is 2.80. The van der Waals surface area contributed by atoms with Crippen molar-refractivity contribution in [1.82, 2.24) is 0 Å². The summed E-state index contributed by atoms with van der Waals surface area (Å²) in [6.45, 7) is 3.42. The second kappa shape index (κ2) is 5.30. The molecule has 4 heteroatoms. The molecular weight excluding hydrogens is 231 g/mol. The van der Waals surface area contributed by atoms with E-state index in [2.05, 4.69) is 0 Å². The highest BCUT2D eigenvalue weighted by molar-refractivity contribution is 6.30. The highest BCUT2D eigenvalue weighted by Gasteiger charge is 2.20. The SMILES string of the molecule is CC(Cc1ccc(Cl)cc1F)C(C)C(=O)O. The Kier molecular flexibility index (Phi) is 4.30. The van der Waals surface area contributed by atoms with Crippen LogP contribution in [0.25, 0.3) is 0 Å². The van der Waals surface area contributed by atoms with Crippen LogP contribution in [-0.2, 0) is 11.2 Å². The molecule has 0 aliphatic heterocycles. The molecule has 2 unspecified atom stereocenters. The first-order valence-electron chi connectivity index (χ1n) is 5.08. The summed E-state index contributed by atoms with van der Waals surface area (Å²) < 4.78 is 13.4. The topological polar surface area (TPSA) is 37.3 Å². The number of benzene rings is 1. The smallest absolute Gasteiger partial charge is 0.306 e. The number of halogens is 2. The molecule has 0 amide bonds. The molecule has 0 aliphatic carbocycles. The van der Waals surface area contributed by atoms with Crippen molar-refractivity contribution in [2.24, 2.45) is 11.8 Å². The Morgan fingerprint density at radius 1 is 1.50 bits per heavy atom. The largest absolute Gasteiger partial charge is 0.481 e. The second-order valence-electron chi connectivity index (χ2n) is 4.04. The standard InChI is InChI=1S/C12H14ClFO2/c1-7(8(2)12(15)16)5-9-3-4-10(13)6-11(9)14/h3-4,6-8H,5H2,1-2H3,(H,15,16). The van der Waals surface area contributed by atoms with Gasteiger partial charge in [0.05, 0.1) is 5.92 Å². The molecule has 2 nitrogen and oxygen atoms in total. The molecule has 1 aromatic rings. The van der Waals surface area contributed by atoms with E-state index in [0.717, 1.165) is 0 Å². The minimum absolute atomic E-state index is 0.117. The lowest BCUT2D eigenvalue weighted by Gasteiger charge is -2.16. The number of aliphatic carboxylic acids is 1. The molecule has 16 heavy (non-hydrogen) atoms. The maximum atomic E-state index is 13.4. The fraction of sp³-hybridized carbons (Fsp3) is 0.417. The van der Waals surface area contributed by atoms with Gasteiger partial charge in [-0.1, -0.05) is 31.5 Å². The van der Waals surface area contributed by atoms with Crippen LogP contribution in [-0.4, -0.2) is 11.1 Å². The molecule has 0 aliphatic rings. The van der Waals surface area contributed by atoms with Gasteiger partial charge in [0.1, 0.15) is 5.82 Å². The molecule has 2 atom stereocenters. The summed E-state index contributed by atoms with van der Waals surface area (Å²) in [5, 5.41) is 9.18. The van der Waals surface area contributed by atoms with Crippen molar-refractivity contribution in [3.8, 4) is 0 Å². The molecule has 1 aromatic carbocycles. The van der Waals surface area contributed by atoms with Crippen molar-refractivity contribution in [2.75, 3.05) is 0 Å². The molecule has 88 valence electrons. The van der Waals surface area contributed by atoms with E-state index >= 15 is 0 Å². The van der Waals surface area contributed by atoms with E-state index in [1.165, 1.54) is 6.07 Å². The Labute approximate surface area is 99.0 Å². The van der Waals surface area contributed by atoms with Crippen LogP contribution in [0.1, 0.15) is 19.4 Å². The average Bonchev–Trinajstić information content (AvgIpc) is 2.20. The van der Waals surface area contributed by atoms with Crippen LogP contribution in [0.2, 0.25) is 5.02 Å². The molecular formula is C12H14ClFO2. The molecule has 0 radical (unpaired) electrons. The van der Waals surface area contributed by atoms with Crippen molar-refractivity contribution in [3.63, 3.8) is 0 Å². The van der Waals surface area contributed by atoms with Crippen molar-refractivity contribution in [1.29, 1.82) is 0 Å². The Bertz CT molecular complexity index is 393.